The zero-order valence-corrected chi connectivity index (χ0v) is 14.1. The molecule has 0 aliphatic heterocycles. The number of anilines is 1. The van der Waals surface area contributed by atoms with Crippen LogP contribution in [-0.4, -0.2) is 18.0 Å². The molecule has 0 saturated heterocycles. The summed E-state index contributed by atoms with van der Waals surface area (Å²) in [5.41, 5.74) is 0.165. The molecule has 0 atom stereocenters. The highest BCUT2D eigenvalue weighted by Crippen LogP contribution is 2.30. The maximum absolute atomic E-state index is 12.8. The molecule has 0 amide bonds. The number of nitrogens with one attached hydrogen (secondary N) is 1. The molecule has 3 aromatic rings. The Hall–Kier alpha value is -2.81. The number of sulfonamides is 1. The van der Waals surface area contributed by atoms with Gasteiger partial charge in [-0.3, -0.25) is 4.72 Å². The van der Waals surface area contributed by atoms with Gasteiger partial charge in [-0.2, -0.15) is 13.2 Å². The van der Waals surface area contributed by atoms with Crippen molar-refractivity contribution in [1.82, 2.24) is 9.55 Å². The maximum atomic E-state index is 12.8. The lowest BCUT2D eigenvalue weighted by molar-refractivity contribution is -0.137. The molecule has 1 N–H and O–H groups in total. The number of imidazole rings is 1. The Bertz CT molecular complexity index is 983. The van der Waals surface area contributed by atoms with Gasteiger partial charge in [0, 0.05) is 24.6 Å². The highest BCUT2D eigenvalue weighted by molar-refractivity contribution is 7.92. The Morgan fingerprint density at radius 1 is 1.08 bits per heavy atom. The first-order valence-corrected chi connectivity index (χ1v) is 8.97. The van der Waals surface area contributed by atoms with Crippen molar-refractivity contribution < 1.29 is 21.6 Å². The molecule has 0 saturated carbocycles. The molecule has 5 nitrogen and oxygen atoms in total. The fourth-order valence-corrected chi connectivity index (χ4v) is 3.43. The number of rotatable bonds is 5. The first-order valence-electron chi connectivity index (χ1n) is 7.49. The number of hydrogen-bond acceptors (Lipinski definition) is 3. The third-order valence-electron chi connectivity index (χ3n) is 3.60. The van der Waals surface area contributed by atoms with E-state index >= 15 is 0 Å². The van der Waals surface area contributed by atoms with Gasteiger partial charge in [0.2, 0.25) is 0 Å². The lowest BCUT2D eigenvalue weighted by Crippen LogP contribution is -2.14. The predicted octanol–water partition coefficient (Wildman–Crippen LogP) is 3.75. The van der Waals surface area contributed by atoms with Crippen LogP contribution in [0, 0.1) is 0 Å². The second-order valence-corrected chi connectivity index (χ2v) is 7.25. The summed E-state index contributed by atoms with van der Waals surface area (Å²) in [4.78, 5) is 3.48. The molecule has 3 rings (SSSR count). The highest BCUT2D eigenvalue weighted by Gasteiger charge is 2.31. The van der Waals surface area contributed by atoms with Crippen molar-refractivity contribution in [1.29, 1.82) is 0 Å². The summed E-state index contributed by atoms with van der Waals surface area (Å²) in [7, 11) is -4.12. The Morgan fingerprint density at radius 3 is 2.42 bits per heavy atom. The van der Waals surface area contributed by atoms with Crippen LogP contribution in [0.4, 0.5) is 18.9 Å². The smallest absolute Gasteiger partial charge is 0.333 e. The summed E-state index contributed by atoms with van der Waals surface area (Å²) in [6.07, 6.45) is 0.493. The molecule has 2 aromatic carbocycles. The number of nitrogens with zero attached hydrogens (tertiary/aromatic N) is 2. The van der Waals surface area contributed by atoms with E-state index in [1.807, 2.05) is 4.57 Å². The summed E-state index contributed by atoms with van der Waals surface area (Å²) in [5.74, 6) is 0. The zero-order valence-electron chi connectivity index (χ0n) is 13.3. The molecule has 136 valence electrons. The van der Waals surface area contributed by atoms with Crippen LogP contribution in [0.5, 0.6) is 0 Å². The summed E-state index contributed by atoms with van der Waals surface area (Å²) >= 11 is 0. The minimum Gasteiger partial charge on any atom is -0.333 e. The third-order valence-corrected chi connectivity index (χ3v) is 4.98. The van der Waals surface area contributed by atoms with Crippen molar-refractivity contribution in [3.63, 3.8) is 0 Å². The van der Waals surface area contributed by atoms with Gasteiger partial charge in [-0.1, -0.05) is 18.2 Å². The van der Waals surface area contributed by atoms with E-state index in [2.05, 4.69) is 9.71 Å². The van der Waals surface area contributed by atoms with Crippen molar-refractivity contribution in [2.75, 3.05) is 4.72 Å². The van der Waals surface area contributed by atoms with Gasteiger partial charge in [0.15, 0.2) is 0 Å². The van der Waals surface area contributed by atoms with Gasteiger partial charge in [-0.15, -0.1) is 0 Å². The van der Waals surface area contributed by atoms with Crippen LogP contribution in [0.15, 0.2) is 72.1 Å². The fourth-order valence-electron chi connectivity index (χ4n) is 2.32. The second kappa shape index (κ2) is 6.83. The molecule has 0 bridgehead atoms. The topological polar surface area (TPSA) is 64.0 Å². The monoisotopic (exact) mass is 381 g/mol. The SMILES string of the molecule is O=S(=O)(Nc1ccc(Cn2ccnc2)cc1)c1cccc(C(F)(F)F)c1. The van der Waals surface area contributed by atoms with Gasteiger partial charge >= 0.3 is 6.18 Å². The standard InChI is InChI=1S/C17H14F3N3O2S/c18-17(19,20)14-2-1-3-16(10-14)26(24,25)22-15-6-4-13(5-7-15)11-23-9-8-21-12-23/h1-10,12,22H,11H2. The van der Waals surface area contributed by atoms with E-state index in [0.717, 1.165) is 23.8 Å². The normalized spacial score (nSPS) is 12.1. The summed E-state index contributed by atoms with van der Waals surface area (Å²) in [5, 5.41) is 0. The number of aromatic nitrogens is 2. The van der Waals surface area contributed by atoms with E-state index < -0.39 is 26.7 Å². The van der Waals surface area contributed by atoms with Crippen LogP contribution in [0.2, 0.25) is 0 Å². The molecular formula is C17H14F3N3O2S. The second-order valence-electron chi connectivity index (χ2n) is 5.56. The molecule has 0 aliphatic carbocycles. The zero-order chi connectivity index (χ0) is 18.8. The molecular weight excluding hydrogens is 367 g/mol. The molecule has 0 aliphatic rings. The Balaban J connectivity index is 1.77. The number of halogens is 3. The van der Waals surface area contributed by atoms with Gasteiger partial charge in [0.05, 0.1) is 16.8 Å². The maximum Gasteiger partial charge on any atom is 0.416 e. The first-order chi connectivity index (χ1) is 12.2. The minimum absolute atomic E-state index is 0.261. The van der Waals surface area contributed by atoms with Crippen molar-refractivity contribution in [2.45, 2.75) is 17.6 Å². The Labute approximate surface area is 148 Å². The van der Waals surface area contributed by atoms with Crippen LogP contribution in [-0.2, 0) is 22.7 Å². The summed E-state index contributed by atoms with van der Waals surface area (Å²) in [6.45, 7) is 0.570. The lowest BCUT2D eigenvalue weighted by atomic mass is 10.2. The number of alkyl halides is 3. The summed E-state index contributed by atoms with van der Waals surface area (Å²) < 4.78 is 67.1. The molecule has 0 radical (unpaired) electrons. The van der Waals surface area contributed by atoms with Crippen molar-refractivity contribution in [2.24, 2.45) is 0 Å². The molecule has 0 unspecified atom stereocenters. The van der Waals surface area contributed by atoms with E-state index in [0.29, 0.717) is 12.6 Å². The number of benzene rings is 2. The average molecular weight is 381 g/mol. The molecule has 0 fully saturated rings. The van der Waals surface area contributed by atoms with E-state index in [1.165, 1.54) is 0 Å². The summed E-state index contributed by atoms with van der Waals surface area (Å²) in [6, 6.07) is 10.2. The quantitative estimate of drug-likeness (QED) is 0.732. The fraction of sp³-hybridized carbons (Fsp3) is 0.118. The Kier molecular flexibility index (Phi) is 4.73. The van der Waals surface area contributed by atoms with Crippen molar-refractivity contribution in [3.8, 4) is 0 Å². The molecule has 9 heteroatoms. The van der Waals surface area contributed by atoms with Crippen LogP contribution < -0.4 is 4.72 Å². The van der Waals surface area contributed by atoms with Gasteiger partial charge < -0.3 is 4.57 Å². The van der Waals surface area contributed by atoms with Crippen molar-refractivity contribution in [3.05, 3.63) is 78.4 Å². The molecule has 26 heavy (non-hydrogen) atoms. The van der Waals surface area contributed by atoms with Gasteiger partial charge in [-0.05, 0) is 35.9 Å². The number of hydrogen-bond donors (Lipinski definition) is 1. The average Bonchev–Trinajstić information content (AvgIpc) is 3.09. The van der Waals surface area contributed by atoms with Crippen LogP contribution in [0.3, 0.4) is 0 Å². The Morgan fingerprint density at radius 2 is 1.81 bits per heavy atom. The first kappa shape index (κ1) is 18.0. The predicted molar refractivity (Wildman–Crippen MR) is 90.0 cm³/mol. The lowest BCUT2D eigenvalue weighted by Gasteiger charge is -2.11. The van der Waals surface area contributed by atoms with Crippen LogP contribution in [0.1, 0.15) is 11.1 Å². The molecule has 0 spiro atoms. The van der Waals surface area contributed by atoms with Crippen LogP contribution >= 0.6 is 0 Å². The van der Waals surface area contributed by atoms with E-state index in [4.69, 9.17) is 0 Å². The highest BCUT2D eigenvalue weighted by atomic mass is 32.2. The minimum atomic E-state index is -4.61. The van der Waals surface area contributed by atoms with Gasteiger partial charge in [-0.25, -0.2) is 13.4 Å². The van der Waals surface area contributed by atoms with E-state index in [9.17, 15) is 21.6 Å². The molecule has 1 heterocycles. The third kappa shape index (κ3) is 4.23. The van der Waals surface area contributed by atoms with E-state index in [1.54, 1.807) is 43.0 Å². The van der Waals surface area contributed by atoms with Gasteiger partial charge in [0.25, 0.3) is 10.0 Å². The van der Waals surface area contributed by atoms with Crippen molar-refractivity contribution >= 4 is 15.7 Å². The van der Waals surface area contributed by atoms with E-state index in [-0.39, 0.29) is 5.69 Å². The molecule has 1 aromatic heterocycles. The largest absolute Gasteiger partial charge is 0.416 e. The van der Waals surface area contributed by atoms with Crippen LogP contribution in [0.25, 0.3) is 0 Å². The van der Waals surface area contributed by atoms with Gasteiger partial charge in [0.1, 0.15) is 0 Å².